The van der Waals surface area contributed by atoms with Gasteiger partial charge in [0.05, 0.1) is 6.61 Å². The molecule has 0 radical (unpaired) electrons. The average molecular weight is 460 g/mol. The summed E-state index contributed by atoms with van der Waals surface area (Å²) < 4.78 is 70.9. The third-order valence-electron chi connectivity index (χ3n) is 5.20. The Morgan fingerprint density at radius 2 is 1.56 bits per heavy atom. The normalized spacial score (nSPS) is 13.7. The van der Waals surface area contributed by atoms with E-state index in [0.29, 0.717) is 17.8 Å². The van der Waals surface area contributed by atoms with E-state index in [9.17, 15) is 26.7 Å². The third-order valence-corrected chi connectivity index (χ3v) is 5.20. The molecule has 0 spiro atoms. The zero-order chi connectivity index (χ0) is 24.1. The SMILES string of the molecule is CC(C)CC(c1ccc2cc(COCC(=O)OCC(F)(F)C(F)(F)F)ccc2c1)C(C)C. The summed E-state index contributed by atoms with van der Waals surface area (Å²) in [5.74, 6) is -4.83. The Morgan fingerprint density at radius 3 is 2.16 bits per heavy atom. The van der Waals surface area contributed by atoms with Crippen LogP contribution in [0, 0.1) is 11.8 Å². The largest absolute Gasteiger partial charge is 0.457 e. The molecule has 2 rings (SSSR count). The predicted molar refractivity (Wildman–Crippen MR) is 113 cm³/mol. The maximum absolute atomic E-state index is 12.8. The molecular weight excluding hydrogens is 431 g/mol. The Labute approximate surface area is 184 Å². The fourth-order valence-corrected chi connectivity index (χ4v) is 3.48. The second-order valence-electron chi connectivity index (χ2n) is 8.78. The van der Waals surface area contributed by atoms with Gasteiger partial charge in [-0.2, -0.15) is 22.0 Å². The van der Waals surface area contributed by atoms with Gasteiger partial charge in [-0.1, -0.05) is 58.0 Å². The van der Waals surface area contributed by atoms with Gasteiger partial charge in [-0.25, -0.2) is 4.79 Å². The first kappa shape index (κ1) is 26.0. The first-order valence-electron chi connectivity index (χ1n) is 10.5. The Hall–Kier alpha value is -2.22. The van der Waals surface area contributed by atoms with Crippen molar-refractivity contribution in [3.63, 3.8) is 0 Å². The van der Waals surface area contributed by atoms with Crippen LogP contribution in [0.4, 0.5) is 22.0 Å². The van der Waals surface area contributed by atoms with E-state index in [4.69, 9.17) is 4.74 Å². The molecule has 1 unspecified atom stereocenters. The highest BCUT2D eigenvalue weighted by Gasteiger charge is 2.58. The van der Waals surface area contributed by atoms with Crippen LogP contribution in [0.15, 0.2) is 36.4 Å². The van der Waals surface area contributed by atoms with Crippen molar-refractivity contribution in [2.24, 2.45) is 11.8 Å². The van der Waals surface area contributed by atoms with Gasteiger partial charge in [-0.3, -0.25) is 0 Å². The summed E-state index contributed by atoms with van der Waals surface area (Å²) in [5.41, 5.74) is 2.02. The Morgan fingerprint density at radius 1 is 0.938 bits per heavy atom. The lowest BCUT2D eigenvalue weighted by Gasteiger charge is -2.23. The van der Waals surface area contributed by atoms with Crippen molar-refractivity contribution in [1.82, 2.24) is 0 Å². The quantitative estimate of drug-likeness (QED) is 0.286. The van der Waals surface area contributed by atoms with Crippen LogP contribution in [-0.4, -0.2) is 31.3 Å². The Balaban J connectivity index is 1.95. The standard InChI is InChI=1S/C24H29F5O3/c1-15(2)9-21(16(3)4)20-8-7-18-10-17(5-6-19(18)11-20)12-31-13-22(30)32-14-23(25,26)24(27,28)29/h5-8,10-11,15-16,21H,9,12-14H2,1-4H3. The van der Waals surface area contributed by atoms with Gasteiger partial charge in [-0.15, -0.1) is 0 Å². The molecule has 0 aliphatic heterocycles. The van der Waals surface area contributed by atoms with Gasteiger partial charge in [0, 0.05) is 0 Å². The molecule has 0 heterocycles. The van der Waals surface area contributed by atoms with Crippen LogP contribution in [0.1, 0.15) is 51.2 Å². The second kappa shape index (κ2) is 10.6. The number of rotatable bonds is 10. The van der Waals surface area contributed by atoms with E-state index in [1.165, 1.54) is 5.56 Å². The number of benzene rings is 2. The van der Waals surface area contributed by atoms with Crippen molar-refractivity contribution in [2.75, 3.05) is 13.2 Å². The van der Waals surface area contributed by atoms with Gasteiger partial charge in [0.1, 0.15) is 6.61 Å². The van der Waals surface area contributed by atoms with Crippen LogP contribution < -0.4 is 0 Å². The molecule has 0 aliphatic rings. The number of halogens is 5. The van der Waals surface area contributed by atoms with Crippen LogP contribution in [0.3, 0.4) is 0 Å². The van der Waals surface area contributed by atoms with Crippen LogP contribution in [-0.2, 0) is 20.9 Å². The number of fused-ring (bicyclic) bond motifs is 1. The summed E-state index contributed by atoms with van der Waals surface area (Å²) in [4.78, 5) is 11.4. The minimum absolute atomic E-state index is 0.00950. The lowest BCUT2D eigenvalue weighted by atomic mass is 9.81. The summed E-state index contributed by atoms with van der Waals surface area (Å²) in [6.07, 6.45) is -4.68. The number of carbonyl (C=O) groups is 1. The van der Waals surface area contributed by atoms with Crippen molar-refractivity contribution in [3.05, 3.63) is 47.5 Å². The lowest BCUT2D eigenvalue weighted by Crippen LogP contribution is -2.41. The predicted octanol–water partition coefficient (Wildman–Crippen LogP) is 6.88. The monoisotopic (exact) mass is 460 g/mol. The molecule has 0 saturated heterocycles. The van der Waals surface area contributed by atoms with Gasteiger partial charge in [0.15, 0.2) is 6.61 Å². The summed E-state index contributed by atoms with van der Waals surface area (Å²) >= 11 is 0. The van der Waals surface area contributed by atoms with Crippen molar-refractivity contribution in [1.29, 1.82) is 0 Å². The van der Waals surface area contributed by atoms with Crippen molar-refractivity contribution in [2.45, 2.75) is 58.7 Å². The fraction of sp³-hybridized carbons (Fsp3) is 0.542. The van der Waals surface area contributed by atoms with Crippen molar-refractivity contribution in [3.8, 4) is 0 Å². The molecule has 0 saturated carbocycles. The molecule has 2 aromatic carbocycles. The third kappa shape index (κ3) is 7.15. The van der Waals surface area contributed by atoms with Crippen LogP contribution >= 0.6 is 0 Å². The van der Waals surface area contributed by atoms with Gasteiger partial charge >= 0.3 is 18.1 Å². The maximum atomic E-state index is 12.8. The molecule has 32 heavy (non-hydrogen) atoms. The summed E-state index contributed by atoms with van der Waals surface area (Å²) in [6, 6.07) is 11.9. The zero-order valence-electron chi connectivity index (χ0n) is 18.6. The molecule has 1 atom stereocenters. The van der Waals surface area contributed by atoms with E-state index in [1.807, 2.05) is 24.3 Å². The topological polar surface area (TPSA) is 35.5 Å². The number of alkyl halides is 5. The van der Waals surface area contributed by atoms with Crippen LogP contribution in [0.2, 0.25) is 0 Å². The highest BCUT2D eigenvalue weighted by Crippen LogP contribution is 2.35. The first-order chi connectivity index (χ1) is 14.8. The molecule has 0 bridgehead atoms. The number of esters is 1. The highest BCUT2D eigenvalue weighted by atomic mass is 19.4. The van der Waals surface area contributed by atoms with Crippen molar-refractivity contribution < 1.29 is 36.2 Å². The Kier molecular flexibility index (Phi) is 8.62. The lowest BCUT2D eigenvalue weighted by molar-refractivity contribution is -0.294. The van der Waals surface area contributed by atoms with E-state index >= 15 is 0 Å². The minimum Gasteiger partial charge on any atom is -0.457 e. The molecule has 0 aromatic heterocycles. The second-order valence-corrected chi connectivity index (χ2v) is 8.78. The smallest absolute Gasteiger partial charge is 0.456 e. The van der Waals surface area contributed by atoms with Gasteiger partial charge < -0.3 is 9.47 Å². The Bertz CT molecular complexity index is 906. The molecule has 0 N–H and O–H groups in total. The molecule has 0 fully saturated rings. The van der Waals surface area contributed by atoms with Crippen LogP contribution in [0.25, 0.3) is 10.8 Å². The summed E-state index contributed by atoms with van der Waals surface area (Å²) in [6.45, 7) is 6.05. The number of hydrogen-bond acceptors (Lipinski definition) is 3. The fourth-order valence-electron chi connectivity index (χ4n) is 3.48. The molecular formula is C24H29F5O3. The molecule has 178 valence electrons. The number of hydrogen-bond donors (Lipinski definition) is 0. The van der Waals surface area contributed by atoms with Crippen LogP contribution in [0.5, 0.6) is 0 Å². The minimum atomic E-state index is -5.77. The number of carbonyl (C=O) groups excluding carboxylic acids is 1. The molecule has 0 aliphatic carbocycles. The van der Waals surface area contributed by atoms with Crippen molar-refractivity contribution >= 4 is 16.7 Å². The first-order valence-corrected chi connectivity index (χ1v) is 10.5. The highest BCUT2D eigenvalue weighted by molar-refractivity contribution is 5.84. The van der Waals surface area contributed by atoms with E-state index in [0.717, 1.165) is 22.8 Å². The van der Waals surface area contributed by atoms with Gasteiger partial charge in [-0.05, 0) is 52.1 Å². The van der Waals surface area contributed by atoms with E-state index < -0.39 is 31.3 Å². The summed E-state index contributed by atoms with van der Waals surface area (Å²) in [7, 11) is 0. The average Bonchev–Trinajstić information content (AvgIpc) is 2.69. The number of ether oxygens (including phenoxy) is 2. The van der Waals surface area contributed by atoms with E-state index in [2.05, 4.69) is 44.6 Å². The van der Waals surface area contributed by atoms with Gasteiger partial charge in [0.2, 0.25) is 0 Å². The molecule has 8 heteroatoms. The zero-order valence-corrected chi connectivity index (χ0v) is 18.6. The van der Waals surface area contributed by atoms with Gasteiger partial charge in [0.25, 0.3) is 0 Å². The van der Waals surface area contributed by atoms with E-state index in [1.54, 1.807) is 0 Å². The molecule has 2 aromatic rings. The molecule has 3 nitrogen and oxygen atoms in total. The summed E-state index contributed by atoms with van der Waals surface area (Å²) in [5, 5.41) is 2.05. The van der Waals surface area contributed by atoms with E-state index in [-0.39, 0.29) is 6.61 Å². The maximum Gasteiger partial charge on any atom is 0.456 e. The molecule has 0 amide bonds.